The van der Waals surface area contributed by atoms with Crippen molar-refractivity contribution in [2.24, 2.45) is 0 Å². The molecule has 0 saturated carbocycles. The van der Waals surface area contributed by atoms with Gasteiger partial charge in [0.1, 0.15) is 17.7 Å². The van der Waals surface area contributed by atoms with Gasteiger partial charge in [-0.15, -0.1) is 0 Å². The number of nitrogens with zero attached hydrogens (tertiary/aromatic N) is 1. The Morgan fingerprint density at radius 3 is 2.71 bits per heavy atom. The molecule has 0 aromatic heterocycles. The zero-order valence-corrected chi connectivity index (χ0v) is 11.9. The average Bonchev–Trinajstić information content (AvgIpc) is 2.29. The quantitative estimate of drug-likeness (QED) is 0.658. The first kappa shape index (κ1) is 12.9. The minimum Gasteiger partial charge on any atom is -0.488 e. The largest absolute Gasteiger partial charge is 0.488 e. The summed E-state index contributed by atoms with van der Waals surface area (Å²) in [4.78, 5) is 2.26. The third-order valence-corrected chi connectivity index (χ3v) is 3.84. The zero-order valence-electron chi connectivity index (χ0n) is 9.75. The Labute approximate surface area is 114 Å². The minimum atomic E-state index is -0.275. The van der Waals surface area contributed by atoms with Crippen molar-refractivity contribution in [3.8, 4) is 5.75 Å². The van der Waals surface area contributed by atoms with Gasteiger partial charge in [0.2, 0.25) is 0 Å². The van der Waals surface area contributed by atoms with Crippen molar-refractivity contribution in [1.82, 2.24) is 4.90 Å². The number of rotatable bonds is 2. The van der Waals surface area contributed by atoms with Crippen LogP contribution < -0.4 is 10.5 Å². The second kappa shape index (κ2) is 5.39. The molecule has 1 aliphatic heterocycles. The number of piperidine rings is 1. The summed E-state index contributed by atoms with van der Waals surface area (Å²) in [5.41, 5.74) is 6.34. The molecule has 0 radical (unpaired) electrons. The maximum atomic E-state index is 13.4. The second-order valence-corrected chi connectivity index (χ2v) is 5.59. The van der Waals surface area contributed by atoms with Crippen LogP contribution in [0.1, 0.15) is 12.8 Å². The SMILES string of the molecule is CN1CCC(Oc2cc(F)c(I)cc2N)CC1. The number of hydrogen-bond acceptors (Lipinski definition) is 3. The van der Waals surface area contributed by atoms with E-state index in [4.69, 9.17) is 10.5 Å². The van der Waals surface area contributed by atoms with Gasteiger partial charge in [0.05, 0.1) is 9.26 Å². The monoisotopic (exact) mass is 350 g/mol. The van der Waals surface area contributed by atoms with Crippen LogP contribution in [0, 0.1) is 9.39 Å². The van der Waals surface area contributed by atoms with Gasteiger partial charge in [-0.3, -0.25) is 0 Å². The van der Waals surface area contributed by atoms with Crippen molar-refractivity contribution in [3.63, 3.8) is 0 Å². The van der Waals surface area contributed by atoms with Crippen molar-refractivity contribution >= 4 is 28.3 Å². The predicted octanol–water partition coefficient (Wildman–Crippen LogP) is 2.49. The van der Waals surface area contributed by atoms with E-state index in [2.05, 4.69) is 11.9 Å². The fraction of sp³-hybridized carbons (Fsp3) is 0.500. The molecular weight excluding hydrogens is 334 g/mol. The lowest BCUT2D eigenvalue weighted by atomic mass is 10.1. The molecule has 0 atom stereocenters. The van der Waals surface area contributed by atoms with Crippen LogP contribution in [0.15, 0.2) is 12.1 Å². The van der Waals surface area contributed by atoms with Crippen molar-refractivity contribution in [2.45, 2.75) is 18.9 Å². The van der Waals surface area contributed by atoms with Gasteiger partial charge >= 0.3 is 0 Å². The summed E-state index contributed by atoms with van der Waals surface area (Å²) < 4.78 is 19.7. The summed E-state index contributed by atoms with van der Waals surface area (Å²) >= 11 is 1.92. The first-order chi connectivity index (χ1) is 8.06. The van der Waals surface area contributed by atoms with Gasteiger partial charge < -0.3 is 15.4 Å². The summed E-state index contributed by atoms with van der Waals surface area (Å²) in [5, 5.41) is 0. The van der Waals surface area contributed by atoms with E-state index in [0.29, 0.717) is 15.0 Å². The lowest BCUT2D eigenvalue weighted by molar-refractivity contribution is 0.114. The number of nitrogen functional groups attached to an aromatic ring is 1. The topological polar surface area (TPSA) is 38.5 Å². The summed E-state index contributed by atoms with van der Waals surface area (Å²) in [6.45, 7) is 2.02. The molecule has 2 rings (SSSR count). The van der Waals surface area contributed by atoms with Crippen molar-refractivity contribution < 1.29 is 9.13 Å². The van der Waals surface area contributed by atoms with Crippen LogP contribution in [0.25, 0.3) is 0 Å². The first-order valence-electron chi connectivity index (χ1n) is 5.66. The lowest BCUT2D eigenvalue weighted by Gasteiger charge is -2.29. The summed E-state index contributed by atoms with van der Waals surface area (Å²) in [5.74, 6) is 0.195. The summed E-state index contributed by atoms with van der Waals surface area (Å²) in [6, 6.07) is 3.00. The number of nitrogens with two attached hydrogens (primary N) is 1. The van der Waals surface area contributed by atoms with E-state index in [0.717, 1.165) is 25.9 Å². The molecule has 2 N–H and O–H groups in total. The molecule has 3 nitrogen and oxygen atoms in total. The highest BCUT2D eigenvalue weighted by molar-refractivity contribution is 14.1. The van der Waals surface area contributed by atoms with E-state index in [1.165, 1.54) is 6.07 Å². The average molecular weight is 350 g/mol. The molecule has 0 spiro atoms. The fourth-order valence-electron chi connectivity index (χ4n) is 1.93. The standard InChI is InChI=1S/C12H16FIN2O/c1-16-4-2-8(3-5-16)17-12-6-9(13)10(14)7-11(12)15/h6-8H,2-5,15H2,1H3. The Bertz CT molecular complexity index is 406. The van der Waals surface area contributed by atoms with Crippen LogP contribution in [0.3, 0.4) is 0 Å². The maximum Gasteiger partial charge on any atom is 0.145 e. The fourth-order valence-corrected chi connectivity index (χ4v) is 2.42. The van der Waals surface area contributed by atoms with E-state index in [-0.39, 0.29) is 11.9 Å². The minimum absolute atomic E-state index is 0.146. The predicted molar refractivity (Wildman–Crippen MR) is 74.7 cm³/mol. The second-order valence-electron chi connectivity index (χ2n) is 4.42. The number of anilines is 1. The van der Waals surface area contributed by atoms with Gasteiger partial charge in [-0.25, -0.2) is 4.39 Å². The number of hydrogen-bond donors (Lipinski definition) is 1. The number of halogens is 2. The summed E-state index contributed by atoms with van der Waals surface area (Å²) in [7, 11) is 2.09. The van der Waals surface area contributed by atoms with Crippen LogP contribution in [-0.2, 0) is 0 Å². The molecule has 0 unspecified atom stereocenters. The smallest absolute Gasteiger partial charge is 0.145 e. The van der Waals surface area contributed by atoms with E-state index in [1.807, 2.05) is 22.6 Å². The third-order valence-electron chi connectivity index (χ3n) is 3.01. The number of benzene rings is 1. The van der Waals surface area contributed by atoms with Crippen LogP contribution in [-0.4, -0.2) is 31.1 Å². The van der Waals surface area contributed by atoms with Gasteiger partial charge in [0.25, 0.3) is 0 Å². The van der Waals surface area contributed by atoms with Gasteiger partial charge in [-0.2, -0.15) is 0 Å². The van der Waals surface area contributed by atoms with E-state index < -0.39 is 0 Å². The Hall–Kier alpha value is -0.560. The molecule has 94 valence electrons. The molecule has 1 aromatic carbocycles. The van der Waals surface area contributed by atoms with Crippen LogP contribution in [0.5, 0.6) is 5.75 Å². The van der Waals surface area contributed by atoms with Gasteiger partial charge in [0.15, 0.2) is 0 Å². The summed E-state index contributed by atoms with van der Waals surface area (Å²) in [6.07, 6.45) is 2.07. The molecule has 0 amide bonds. The van der Waals surface area contributed by atoms with Crippen molar-refractivity contribution in [3.05, 3.63) is 21.5 Å². The molecule has 0 bridgehead atoms. The molecule has 5 heteroatoms. The maximum absolute atomic E-state index is 13.4. The molecule has 1 aliphatic rings. The van der Waals surface area contributed by atoms with Crippen LogP contribution in [0.4, 0.5) is 10.1 Å². The third kappa shape index (κ3) is 3.22. The molecule has 17 heavy (non-hydrogen) atoms. The highest BCUT2D eigenvalue weighted by Gasteiger charge is 2.19. The number of likely N-dealkylation sites (tertiary alicyclic amines) is 1. The molecular formula is C12H16FIN2O. The molecule has 1 saturated heterocycles. The van der Waals surface area contributed by atoms with Gasteiger partial charge in [-0.05, 0) is 48.5 Å². The Balaban J connectivity index is 2.06. The molecule has 0 aliphatic carbocycles. The Morgan fingerprint density at radius 2 is 2.06 bits per heavy atom. The zero-order chi connectivity index (χ0) is 12.4. The van der Waals surface area contributed by atoms with Crippen molar-refractivity contribution in [2.75, 3.05) is 25.9 Å². The molecule has 1 fully saturated rings. The van der Waals surface area contributed by atoms with E-state index in [1.54, 1.807) is 6.07 Å². The van der Waals surface area contributed by atoms with Gasteiger partial charge in [-0.1, -0.05) is 0 Å². The highest BCUT2D eigenvalue weighted by atomic mass is 127. The van der Waals surface area contributed by atoms with Crippen LogP contribution >= 0.6 is 22.6 Å². The Morgan fingerprint density at radius 1 is 1.41 bits per heavy atom. The normalized spacial score (nSPS) is 18.3. The molecule has 1 heterocycles. The van der Waals surface area contributed by atoms with E-state index in [9.17, 15) is 4.39 Å². The molecule has 1 aromatic rings. The lowest BCUT2D eigenvalue weighted by Crippen LogP contribution is -2.35. The number of ether oxygens (including phenoxy) is 1. The van der Waals surface area contributed by atoms with Gasteiger partial charge in [0, 0.05) is 19.2 Å². The first-order valence-corrected chi connectivity index (χ1v) is 6.74. The highest BCUT2D eigenvalue weighted by Crippen LogP contribution is 2.28. The van der Waals surface area contributed by atoms with Crippen molar-refractivity contribution in [1.29, 1.82) is 0 Å². The Kier molecular flexibility index (Phi) is 4.09. The van der Waals surface area contributed by atoms with E-state index >= 15 is 0 Å². The van der Waals surface area contributed by atoms with Crippen LogP contribution in [0.2, 0.25) is 0 Å².